The molecule has 1 aliphatic rings. The van der Waals surface area contributed by atoms with Crippen LogP contribution in [0.1, 0.15) is 17.3 Å². The molecular formula is C12H10FNO4. The summed E-state index contributed by atoms with van der Waals surface area (Å²) in [5, 5.41) is 0. The summed E-state index contributed by atoms with van der Waals surface area (Å²) < 4.78 is 18.2. The molecule has 0 aliphatic carbocycles. The Balaban J connectivity index is 2.55. The first-order chi connectivity index (χ1) is 8.49. The van der Waals surface area contributed by atoms with Gasteiger partial charge in [-0.25, -0.2) is 9.18 Å². The smallest absolute Gasteiger partial charge is 0.328 e. The van der Waals surface area contributed by atoms with Crippen LogP contribution in [0.25, 0.3) is 0 Å². The van der Waals surface area contributed by atoms with Crippen LogP contribution in [-0.4, -0.2) is 30.8 Å². The summed E-state index contributed by atoms with van der Waals surface area (Å²) >= 11 is 0. The molecule has 1 aliphatic heterocycles. The van der Waals surface area contributed by atoms with Crippen LogP contribution in [0.4, 0.5) is 10.1 Å². The minimum absolute atomic E-state index is 0.0317. The Morgan fingerprint density at radius 2 is 2.06 bits per heavy atom. The number of methoxy groups -OCH3 is 1. The monoisotopic (exact) mass is 251 g/mol. The van der Waals surface area contributed by atoms with Gasteiger partial charge in [0.2, 0.25) is 0 Å². The predicted octanol–water partition coefficient (Wildman–Crippen LogP) is 0.916. The van der Waals surface area contributed by atoms with E-state index < -0.39 is 29.5 Å². The molecule has 0 fully saturated rings. The van der Waals surface area contributed by atoms with Gasteiger partial charge in [-0.3, -0.25) is 14.5 Å². The summed E-state index contributed by atoms with van der Waals surface area (Å²) in [6.45, 7) is 1.37. The zero-order chi connectivity index (χ0) is 13.4. The van der Waals surface area contributed by atoms with Gasteiger partial charge in [0.05, 0.1) is 18.4 Å². The molecule has 2 rings (SSSR count). The molecular weight excluding hydrogens is 241 g/mol. The first-order valence-electron chi connectivity index (χ1n) is 5.23. The number of para-hydroxylation sites is 1. The average molecular weight is 251 g/mol. The molecule has 1 atom stereocenters. The van der Waals surface area contributed by atoms with Gasteiger partial charge in [-0.15, -0.1) is 0 Å². The summed E-state index contributed by atoms with van der Waals surface area (Å²) in [5.74, 6) is -3.18. The van der Waals surface area contributed by atoms with E-state index in [0.29, 0.717) is 0 Å². The number of rotatable bonds is 2. The maximum absolute atomic E-state index is 13.7. The van der Waals surface area contributed by atoms with Crippen LogP contribution in [0.2, 0.25) is 0 Å². The third-order valence-corrected chi connectivity index (χ3v) is 2.81. The lowest BCUT2D eigenvalue weighted by Crippen LogP contribution is -2.43. The highest BCUT2D eigenvalue weighted by Gasteiger charge is 2.42. The van der Waals surface area contributed by atoms with Gasteiger partial charge >= 0.3 is 5.97 Å². The van der Waals surface area contributed by atoms with E-state index in [1.54, 1.807) is 0 Å². The number of nitrogens with zero attached hydrogens (tertiary/aromatic N) is 1. The van der Waals surface area contributed by atoms with E-state index in [1.807, 2.05) is 0 Å². The molecule has 94 valence electrons. The fraction of sp³-hybridized carbons (Fsp3) is 0.250. The van der Waals surface area contributed by atoms with Gasteiger partial charge in [0.1, 0.15) is 11.9 Å². The van der Waals surface area contributed by atoms with Gasteiger partial charge in [0.15, 0.2) is 0 Å². The molecule has 0 N–H and O–H groups in total. The normalized spacial score (nSPS) is 15.6. The van der Waals surface area contributed by atoms with Gasteiger partial charge in [-0.1, -0.05) is 6.07 Å². The second kappa shape index (κ2) is 4.21. The van der Waals surface area contributed by atoms with E-state index in [-0.39, 0.29) is 11.3 Å². The van der Waals surface area contributed by atoms with Gasteiger partial charge in [-0.2, -0.15) is 0 Å². The lowest BCUT2D eigenvalue weighted by Gasteiger charge is -2.22. The van der Waals surface area contributed by atoms with Gasteiger partial charge in [0, 0.05) is 0 Å². The highest BCUT2D eigenvalue weighted by Crippen LogP contribution is 2.33. The maximum Gasteiger partial charge on any atom is 0.328 e. The van der Waals surface area contributed by atoms with E-state index >= 15 is 0 Å². The molecule has 0 aromatic heterocycles. The van der Waals surface area contributed by atoms with Crippen LogP contribution in [0.5, 0.6) is 0 Å². The van der Waals surface area contributed by atoms with Crippen LogP contribution in [0, 0.1) is 5.82 Å². The van der Waals surface area contributed by atoms with Crippen molar-refractivity contribution in [2.24, 2.45) is 0 Å². The van der Waals surface area contributed by atoms with Crippen molar-refractivity contribution < 1.29 is 23.5 Å². The van der Waals surface area contributed by atoms with Crippen molar-refractivity contribution in [3.8, 4) is 0 Å². The molecule has 0 saturated heterocycles. The van der Waals surface area contributed by atoms with Gasteiger partial charge in [-0.05, 0) is 19.1 Å². The lowest BCUT2D eigenvalue weighted by atomic mass is 10.1. The highest BCUT2D eigenvalue weighted by atomic mass is 19.1. The topological polar surface area (TPSA) is 63.7 Å². The van der Waals surface area contributed by atoms with Crippen LogP contribution in [-0.2, 0) is 14.3 Å². The first-order valence-corrected chi connectivity index (χ1v) is 5.23. The van der Waals surface area contributed by atoms with Crippen molar-refractivity contribution in [2.75, 3.05) is 12.0 Å². The average Bonchev–Trinajstić information content (AvgIpc) is 2.62. The molecule has 0 bridgehead atoms. The fourth-order valence-electron chi connectivity index (χ4n) is 1.92. The van der Waals surface area contributed by atoms with E-state index in [1.165, 1.54) is 19.1 Å². The maximum atomic E-state index is 13.7. The number of fused-ring (bicyclic) bond motifs is 1. The third kappa shape index (κ3) is 1.57. The third-order valence-electron chi connectivity index (χ3n) is 2.81. The van der Waals surface area contributed by atoms with E-state index in [4.69, 9.17) is 0 Å². The summed E-state index contributed by atoms with van der Waals surface area (Å²) in [5.41, 5.74) is -0.193. The zero-order valence-electron chi connectivity index (χ0n) is 9.77. The second-order valence-corrected chi connectivity index (χ2v) is 3.84. The minimum atomic E-state index is -1.05. The van der Waals surface area contributed by atoms with Crippen LogP contribution >= 0.6 is 0 Å². The molecule has 0 unspecified atom stereocenters. The van der Waals surface area contributed by atoms with Crippen molar-refractivity contribution in [3.05, 3.63) is 29.6 Å². The number of halogens is 1. The van der Waals surface area contributed by atoms with E-state index in [2.05, 4.69) is 4.74 Å². The molecule has 5 nitrogen and oxygen atoms in total. The van der Waals surface area contributed by atoms with Crippen molar-refractivity contribution in [3.63, 3.8) is 0 Å². The molecule has 0 spiro atoms. The Labute approximate surface area is 102 Å². The summed E-state index contributed by atoms with van der Waals surface area (Å²) in [6.07, 6.45) is 0. The van der Waals surface area contributed by atoms with E-state index in [9.17, 15) is 18.8 Å². The zero-order valence-corrected chi connectivity index (χ0v) is 9.77. The van der Waals surface area contributed by atoms with Gasteiger partial charge in [0.25, 0.3) is 11.7 Å². The molecule has 1 heterocycles. The Morgan fingerprint density at radius 1 is 1.39 bits per heavy atom. The predicted molar refractivity (Wildman–Crippen MR) is 59.7 cm³/mol. The summed E-state index contributed by atoms with van der Waals surface area (Å²) in [4.78, 5) is 35.7. The summed E-state index contributed by atoms with van der Waals surface area (Å²) in [7, 11) is 1.16. The molecule has 1 amide bonds. The Kier molecular flexibility index (Phi) is 2.86. The molecule has 1 aromatic rings. The van der Waals surface area contributed by atoms with Crippen molar-refractivity contribution in [1.29, 1.82) is 0 Å². The number of ether oxygens (including phenoxy) is 1. The van der Waals surface area contributed by atoms with Crippen molar-refractivity contribution in [2.45, 2.75) is 13.0 Å². The summed E-state index contributed by atoms with van der Waals surface area (Å²) in [6, 6.07) is 2.76. The SMILES string of the molecule is COC(=O)[C@@H](C)N1C(=O)C(=O)c2cccc(F)c21. The number of esters is 1. The largest absolute Gasteiger partial charge is 0.467 e. The molecule has 0 saturated carbocycles. The second-order valence-electron chi connectivity index (χ2n) is 3.84. The number of hydrogen-bond donors (Lipinski definition) is 0. The number of carbonyl (C=O) groups is 3. The number of amides is 1. The van der Waals surface area contributed by atoms with Crippen molar-refractivity contribution in [1.82, 2.24) is 0 Å². The van der Waals surface area contributed by atoms with E-state index in [0.717, 1.165) is 18.1 Å². The quantitative estimate of drug-likeness (QED) is 0.579. The number of hydrogen-bond acceptors (Lipinski definition) is 4. The Hall–Kier alpha value is -2.24. The number of ketones is 1. The van der Waals surface area contributed by atoms with Crippen molar-refractivity contribution >= 4 is 23.3 Å². The van der Waals surface area contributed by atoms with Gasteiger partial charge < -0.3 is 4.74 Å². The molecule has 1 aromatic carbocycles. The first kappa shape index (κ1) is 12.2. The fourth-order valence-corrected chi connectivity index (χ4v) is 1.92. The number of benzene rings is 1. The Bertz CT molecular complexity index is 555. The van der Waals surface area contributed by atoms with Crippen LogP contribution < -0.4 is 4.90 Å². The number of Topliss-reactive ketones (excluding diaryl/α,β-unsaturated/α-hetero) is 1. The van der Waals surface area contributed by atoms with Crippen LogP contribution in [0.3, 0.4) is 0 Å². The lowest BCUT2D eigenvalue weighted by molar-refractivity contribution is -0.142. The number of anilines is 1. The highest BCUT2D eigenvalue weighted by molar-refractivity contribution is 6.52. The standard InChI is InChI=1S/C12H10FNO4/c1-6(12(17)18-2)14-9-7(10(15)11(14)16)4-3-5-8(9)13/h3-6H,1-2H3/t6-/m1/s1. The molecule has 0 radical (unpaired) electrons. The molecule has 18 heavy (non-hydrogen) atoms. The molecule has 6 heteroatoms. The minimum Gasteiger partial charge on any atom is -0.467 e. The number of carbonyl (C=O) groups excluding carboxylic acids is 3. The van der Waals surface area contributed by atoms with Crippen LogP contribution in [0.15, 0.2) is 18.2 Å². The Morgan fingerprint density at radius 3 is 2.67 bits per heavy atom.